The molecule has 0 aliphatic carbocycles. The van der Waals surface area contributed by atoms with Gasteiger partial charge in [-0.3, -0.25) is 0 Å². The highest BCUT2D eigenvalue weighted by molar-refractivity contribution is 5.90. The first-order chi connectivity index (χ1) is 8.90. The average Bonchev–Trinajstić information content (AvgIpc) is 3.01. The summed E-state index contributed by atoms with van der Waals surface area (Å²) in [5.41, 5.74) is 0. The average molecular weight is 241 g/mol. The molecule has 1 aromatic carbocycles. The summed E-state index contributed by atoms with van der Waals surface area (Å²) in [7, 11) is 0. The van der Waals surface area contributed by atoms with E-state index in [-0.39, 0.29) is 0 Å². The van der Waals surface area contributed by atoms with Crippen LogP contribution in [-0.2, 0) is 4.74 Å². The number of ether oxygens (including phenoxy) is 1. The molecule has 2 aliphatic rings. The molecule has 4 nitrogen and oxygen atoms in total. The fourth-order valence-electron chi connectivity index (χ4n) is 3.10. The smallest absolute Gasteiger partial charge is 0.156 e. The summed E-state index contributed by atoms with van der Waals surface area (Å²) < 4.78 is 5.86. The molecular weight excluding hydrogens is 226 g/mol. The summed E-state index contributed by atoms with van der Waals surface area (Å²) in [4.78, 5) is 0. The zero-order chi connectivity index (χ0) is 11.9. The van der Waals surface area contributed by atoms with Crippen molar-refractivity contribution in [1.82, 2.24) is 10.2 Å². The number of hydrogen-bond donors (Lipinski definition) is 1. The lowest BCUT2D eigenvalue weighted by atomic mass is 9.95. The summed E-state index contributed by atoms with van der Waals surface area (Å²) in [5.74, 6) is 0.884. The Morgan fingerprint density at radius 2 is 2.17 bits per heavy atom. The van der Waals surface area contributed by atoms with E-state index in [1.165, 1.54) is 12.8 Å². The van der Waals surface area contributed by atoms with Gasteiger partial charge in [0.15, 0.2) is 5.82 Å². The van der Waals surface area contributed by atoms with E-state index in [4.69, 9.17) is 4.74 Å². The van der Waals surface area contributed by atoms with Gasteiger partial charge < -0.3 is 10.1 Å². The number of benzene rings is 1. The minimum absolute atomic E-state index is 0.357. The van der Waals surface area contributed by atoms with Crippen molar-refractivity contribution in [3.8, 4) is 0 Å². The first-order valence-corrected chi connectivity index (χ1v) is 6.52. The van der Waals surface area contributed by atoms with Gasteiger partial charge >= 0.3 is 0 Å². The van der Waals surface area contributed by atoms with E-state index in [0.29, 0.717) is 18.2 Å². The van der Waals surface area contributed by atoms with Crippen LogP contribution in [0.1, 0.15) is 19.3 Å². The molecule has 2 bridgehead atoms. The Morgan fingerprint density at radius 1 is 1.22 bits per heavy atom. The van der Waals surface area contributed by atoms with E-state index >= 15 is 0 Å². The maximum atomic E-state index is 5.86. The molecular formula is C14H15N3O. The van der Waals surface area contributed by atoms with Crippen molar-refractivity contribution in [2.24, 2.45) is 0 Å². The van der Waals surface area contributed by atoms with Gasteiger partial charge in [0.1, 0.15) is 0 Å². The van der Waals surface area contributed by atoms with Gasteiger partial charge in [-0.2, -0.15) is 5.10 Å². The predicted octanol–water partition coefficient (Wildman–Crippen LogP) is 2.36. The van der Waals surface area contributed by atoms with Gasteiger partial charge in [-0.1, -0.05) is 24.3 Å². The van der Waals surface area contributed by atoms with Gasteiger partial charge in [0.25, 0.3) is 0 Å². The molecule has 0 radical (unpaired) electrons. The molecule has 0 saturated carbocycles. The van der Waals surface area contributed by atoms with Crippen molar-refractivity contribution >= 4 is 16.6 Å². The summed E-state index contributed by atoms with van der Waals surface area (Å²) >= 11 is 0. The molecule has 18 heavy (non-hydrogen) atoms. The fraction of sp³-hybridized carbons (Fsp3) is 0.429. The van der Waals surface area contributed by atoms with Crippen LogP contribution in [0.25, 0.3) is 10.8 Å². The number of fused-ring (bicyclic) bond motifs is 3. The number of anilines is 1. The van der Waals surface area contributed by atoms with Gasteiger partial charge in [-0.05, 0) is 19.3 Å². The van der Waals surface area contributed by atoms with Crippen LogP contribution in [0, 0.1) is 0 Å². The van der Waals surface area contributed by atoms with Crippen LogP contribution in [0.4, 0.5) is 5.82 Å². The molecule has 0 spiro atoms. The van der Waals surface area contributed by atoms with Gasteiger partial charge in [0, 0.05) is 10.8 Å². The van der Waals surface area contributed by atoms with E-state index in [9.17, 15) is 0 Å². The monoisotopic (exact) mass is 241 g/mol. The quantitative estimate of drug-likeness (QED) is 0.876. The number of nitrogens with zero attached hydrogens (tertiary/aromatic N) is 2. The molecule has 1 N–H and O–H groups in total. The predicted molar refractivity (Wildman–Crippen MR) is 69.5 cm³/mol. The molecule has 3 heterocycles. The zero-order valence-electron chi connectivity index (χ0n) is 10.0. The van der Waals surface area contributed by atoms with Gasteiger partial charge in [0.2, 0.25) is 0 Å². The van der Waals surface area contributed by atoms with E-state index in [1.807, 2.05) is 12.1 Å². The molecule has 2 aromatic rings. The second-order valence-corrected chi connectivity index (χ2v) is 5.14. The van der Waals surface area contributed by atoms with Crippen molar-refractivity contribution in [3.05, 3.63) is 30.5 Å². The summed E-state index contributed by atoms with van der Waals surface area (Å²) in [6.07, 6.45) is 6.09. The summed E-state index contributed by atoms with van der Waals surface area (Å²) in [6, 6.07) is 8.59. The highest BCUT2D eigenvalue weighted by atomic mass is 16.5. The van der Waals surface area contributed by atoms with Crippen LogP contribution < -0.4 is 5.32 Å². The summed E-state index contributed by atoms with van der Waals surface area (Å²) in [6.45, 7) is 0. The molecule has 1 aromatic heterocycles. The maximum absolute atomic E-state index is 5.86. The minimum Gasteiger partial charge on any atom is -0.373 e. The van der Waals surface area contributed by atoms with Crippen molar-refractivity contribution in [2.45, 2.75) is 37.5 Å². The minimum atomic E-state index is 0.357. The largest absolute Gasteiger partial charge is 0.373 e. The van der Waals surface area contributed by atoms with Crippen LogP contribution in [-0.4, -0.2) is 28.4 Å². The molecule has 2 fully saturated rings. The lowest BCUT2D eigenvalue weighted by Crippen LogP contribution is -2.31. The SMILES string of the molecule is c1ccc2c(NC3CC4CCC3O4)nncc2c1. The van der Waals surface area contributed by atoms with Gasteiger partial charge in [0.05, 0.1) is 24.4 Å². The number of nitrogens with one attached hydrogen (secondary N) is 1. The lowest BCUT2D eigenvalue weighted by Gasteiger charge is -2.20. The van der Waals surface area contributed by atoms with Crippen LogP contribution >= 0.6 is 0 Å². The third-order valence-electron chi connectivity index (χ3n) is 4.00. The Kier molecular flexibility index (Phi) is 2.23. The van der Waals surface area contributed by atoms with Crippen molar-refractivity contribution in [1.29, 1.82) is 0 Å². The summed E-state index contributed by atoms with van der Waals surface area (Å²) in [5, 5.41) is 14.1. The Hall–Kier alpha value is -1.68. The maximum Gasteiger partial charge on any atom is 0.156 e. The van der Waals surface area contributed by atoms with Crippen molar-refractivity contribution in [3.63, 3.8) is 0 Å². The third kappa shape index (κ3) is 1.56. The van der Waals surface area contributed by atoms with E-state index in [2.05, 4.69) is 27.6 Å². The second kappa shape index (κ2) is 3.92. The van der Waals surface area contributed by atoms with Crippen LogP contribution in [0.2, 0.25) is 0 Å². The topological polar surface area (TPSA) is 47.0 Å². The van der Waals surface area contributed by atoms with E-state index in [0.717, 1.165) is 23.0 Å². The molecule has 2 aliphatic heterocycles. The number of hydrogen-bond acceptors (Lipinski definition) is 4. The van der Waals surface area contributed by atoms with Gasteiger partial charge in [-0.25, -0.2) is 0 Å². The highest BCUT2D eigenvalue weighted by Gasteiger charge is 2.40. The second-order valence-electron chi connectivity index (χ2n) is 5.14. The first kappa shape index (κ1) is 10.3. The Labute approximate surface area is 105 Å². The number of aromatic nitrogens is 2. The Balaban J connectivity index is 1.67. The third-order valence-corrected chi connectivity index (χ3v) is 4.00. The zero-order valence-corrected chi connectivity index (χ0v) is 10.0. The van der Waals surface area contributed by atoms with E-state index < -0.39 is 0 Å². The highest BCUT2D eigenvalue weighted by Crippen LogP contribution is 2.36. The normalized spacial score (nSPS) is 29.9. The molecule has 92 valence electrons. The van der Waals surface area contributed by atoms with Crippen LogP contribution in [0.3, 0.4) is 0 Å². The standard InChI is InChI=1S/C14H15N3O/c1-2-4-11-9(3-1)8-15-17-14(11)16-12-7-10-5-6-13(12)18-10/h1-4,8,10,12-13H,5-7H2,(H,16,17). The van der Waals surface area contributed by atoms with Crippen molar-refractivity contribution < 1.29 is 4.74 Å². The van der Waals surface area contributed by atoms with Crippen molar-refractivity contribution in [2.75, 3.05) is 5.32 Å². The molecule has 4 rings (SSSR count). The Morgan fingerprint density at radius 3 is 3.00 bits per heavy atom. The number of rotatable bonds is 2. The Bertz CT molecular complexity index is 581. The molecule has 3 unspecified atom stereocenters. The molecule has 2 saturated heterocycles. The van der Waals surface area contributed by atoms with Crippen LogP contribution in [0.5, 0.6) is 0 Å². The van der Waals surface area contributed by atoms with E-state index in [1.54, 1.807) is 6.20 Å². The first-order valence-electron chi connectivity index (χ1n) is 6.52. The molecule has 0 amide bonds. The van der Waals surface area contributed by atoms with Gasteiger partial charge in [-0.15, -0.1) is 5.10 Å². The molecule has 4 heteroatoms. The van der Waals surface area contributed by atoms with Crippen LogP contribution in [0.15, 0.2) is 30.5 Å². The molecule has 3 atom stereocenters. The lowest BCUT2D eigenvalue weighted by molar-refractivity contribution is 0.102. The fourth-order valence-corrected chi connectivity index (χ4v) is 3.10.